The number of sulfonamides is 1. The van der Waals surface area contributed by atoms with Crippen LogP contribution in [-0.4, -0.2) is 73.3 Å². The lowest BCUT2D eigenvalue weighted by atomic mass is 10.2. The number of amides is 1. The third-order valence-corrected chi connectivity index (χ3v) is 6.32. The first kappa shape index (κ1) is 21.0. The third-order valence-electron chi connectivity index (χ3n) is 4.44. The van der Waals surface area contributed by atoms with Gasteiger partial charge in [0.2, 0.25) is 15.9 Å². The summed E-state index contributed by atoms with van der Waals surface area (Å²) in [5, 5.41) is 0. The van der Waals surface area contributed by atoms with E-state index >= 15 is 0 Å². The molecule has 11 heteroatoms. The Morgan fingerprint density at radius 2 is 1.93 bits per heavy atom. The summed E-state index contributed by atoms with van der Waals surface area (Å²) in [6, 6.07) is 6.18. The molecule has 156 valence electrons. The van der Waals surface area contributed by atoms with E-state index < -0.39 is 15.9 Å². The molecule has 0 unspecified atom stereocenters. The maximum atomic E-state index is 12.7. The van der Waals surface area contributed by atoms with Gasteiger partial charge < -0.3 is 9.64 Å². The topological polar surface area (TPSA) is 117 Å². The number of aromatic nitrogens is 2. The molecular weight excluding hydrogens is 396 g/mol. The molecule has 2 N–H and O–H groups in total. The van der Waals surface area contributed by atoms with Crippen LogP contribution in [0.4, 0.5) is 5.82 Å². The number of hydrogen-bond donors (Lipinski definition) is 2. The number of likely N-dealkylation sites (N-methyl/N-ethyl adjacent to an activating group) is 1. The number of nitrogens with one attached hydrogen (secondary N) is 2. The van der Waals surface area contributed by atoms with Crippen LogP contribution in [0.3, 0.4) is 0 Å². The van der Waals surface area contributed by atoms with E-state index in [0.717, 1.165) is 0 Å². The molecule has 0 saturated carbocycles. The van der Waals surface area contributed by atoms with E-state index in [1.807, 2.05) is 7.05 Å². The largest absolute Gasteiger partial charge is 0.477 e. The first-order valence-electron chi connectivity index (χ1n) is 9.20. The van der Waals surface area contributed by atoms with E-state index in [4.69, 9.17) is 4.74 Å². The normalized spacial score (nSPS) is 15.7. The van der Waals surface area contributed by atoms with Gasteiger partial charge in [0.25, 0.3) is 5.91 Å². The number of anilines is 1. The van der Waals surface area contributed by atoms with Crippen LogP contribution in [0.2, 0.25) is 0 Å². The Bertz CT molecular complexity index is 943. The number of nitrogens with zero attached hydrogens (tertiary/aromatic N) is 4. The van der Waals surface area contributed by atoms with Crippen molar-refractivity contribution in [2.45, 2.75) is 11.8 Å². The molecule has 1 fully saturated rings. The van der Waals surface area contributed by atoms with Gasteiger partial charge in [0.15, 0.2) is 0 Å². The number of piperazine rings is 1. The zero-order chi connectivity index (χ0) is 20.9. The molecule has 0 radical (unpaired) electrons. The fourth-order valence-electron chi connectivity index (χ4n) is 2.79. The van der Waals surface area contributed by atoms with Crippen molar-refractivity contribution in [1.82, 2.24) is 24.6 Å². The molecule has 1 aliphatic heterocycles. The predicted octanol–water partition coefficient (Wildman–Crippen LogP) is 0.568. The summed E-state index contributed by atoms with van der Waals surface area (Å²) in [4.78, 5) is 22.7. The van der Waals surface area contributed by atoms with Crippen molar-refractivity contribution in [2.24, 2.45) is 0 Å². The molecule has 3 rings (SSSR count). The average Bonchev–Trinajstić information content (AvgIpc) is 2.73. The fourth-order valence-corrected chi connectivity index (χ4v) is 4.16. The molecule has 2 aromatic rings. The smallest absolute Gasteiger partial charge is 0.275 e. The molecule has 2 aromatic heterocycles. The summed E-state index contributed by atoms with van der Waals surface area (Å²) in [5.74, 6) is 0.0888. The molecule has 0 spiro atoms. The van der Waals surface area contributed by atoms with Gasteiger partial charge in [-0.05, 0) is 38.2 Å². The molecule has 10 nitrogen and oxygen atoms in total. The van der Waals surface area contributed by atoms with Crippen molar-refractivity contribution < 1.29 is 17.9 Å². The number of hydrazine groups is 1. The van der Waals surface area contributed by atoms with E-state index in [1.165, 1.54) is 28.8 Å². The van der Waals surface area contributed by atoms with E-state index in [-0.39, 0.29) is 16.3 Å². The van der Waals surface area contributed by atoms with Crippen LogP contribution in [0, 0.1) is 0 Å². The van der Waals surface area contributed by atoms with E-state index in [9.17, 15) is 13.2 Å². The van der Waals surface area contributed by atoms with Gasteiger partial charge in [-0.2, -0.15) is 4.31 Å². The van der Waals surface area contributed by atoms with Crippen LogP contribution >= 0.6 is 0 Å². The summed E-state index contributed by atoms with van der Waals surface area (Å²) in [5.41, 5.74) is 5.45. The standard InChI is InChI=1S/C18H24N6O4S/c1-3-28-18-15(5-4-8-19-18)17(25)22-21-16-7-6-14(13-20-16)29(26,27)24-11-9-23(2)10-12-24/h4-8,13H,3,9-12H2,1-2H3,(H,20,21)(H,22,25). The first-order chi connectivity index (χ1) is 13.9. The summed E-state index contributed by atoms with van der Waals surface area (Å²) < 4.78 is 32.2. The van der Waals surface area contributed by atoms with Crippen molar-refractivity contribution in [3.05, 3.63) is 42.2 Å². The highest BCUT2D eigenvalue weighted by atomic mass is 32.2. The average molecular weight is 420 g/mol. The minimum atomic E-state index is -3.58. The maximum absolute atomic E-state index is 12.7. The van der Waals surface area contributed by atoms with Gasteiger partial charge >= 0.3 is 0 Å². The number of carbonyl (C=O) groups is 1. The van der Waals surface area contributed by atoms with Gasteiger partial charge in [-0.15, -0.1) is 0 Å². The molecule has 1 amide bonds. The minimum absolute atomic E-state index is 0.116. The first-order valence-corrected chi connectivity index (χ1v) is 10.6. The number of hydrogen-bond acceptors (Lipinski definition) is 8. The molecular formula is C18H24N6O4S. The van der Waals surface area contributed by atoms with Crippen LogP contribution in [0.25, 0.3) is 0 Å². The molecule has 1 saturated heterocycles. The van der Waals surface area contributed by atoms with Crippen molar-refractivity contribution in [3.8, 4) is 5.88 Å². The zero-order valence-electron chi connectivity index (χ0n) is 16.3. The van der Waals surface area contributed by atoms with Crippen molar-refractivity contribution >= 4 is 21.7 Å². The van der Waals surface area contributed by atoms with Gasteiger partial charge in [0.05, 0.1) is 6.61 Å². The van der Waals surface area contributed by atoms with Crippen LogP contribution in [-0.2, 0) is 10.0 Å². The van der Waals surface area contributed by atoms with Gasteiger partial charge in [0, 0.05) is 38.6 Å². The Hall–Kier alpha value is -2.76. The second-order valence-corrected chi connectivity index (χ2v) is 8.39. The molecule has 0 atom stereocenters. The lowest BCUT2D eigenvalue weighted by Crippen LogP contribution is -2.47. The molecule has 3 heterocycles. The lowest BCUT2D eigenvalue weighted by Gasteiger charge is -2.31. The van der Waals surface area contributed by atoms with Gasteiger partial charge in [-0.25, -0.2) is 18.4 Å². The molecule has 0 bridgehead atoms. The number of rotatable bonds is 7. The molecule has 0 aromatic carbocycles. The number of pyridine rings is 2. The van der Waals surface area contributed by atoms with Crippen LogP contribution in [0.15, 0.2) is 41.6 Å². The summed E-state index contributed by atoms with van der Waals surface area (Å²) in [7, 11) is -1.62. The second kappa shape index (κ2) is 9.16. The van der Waals surface area contributed by atoms with Crippen LogP contribution in [0.1, 0.15) is 17.3 Å². The van der Waals surface area contributed by atoms with Gasteiger partial charge in [0.1, 0.15) is 16.3 Å². The second-order valence-electron chi connectivity index (χ2n) is 6.45. The Morgan fingerprint density at radius 1 is 1.17 bits per heavy atom. The summed E-state index contributed by atoms with van der Waals surface area (Å²) >= 11 is 0. The van der Waals surface area contributed by atoms with Gasteiger partial charge in [-0.3, -0.25) is 15.6 Å². The van der Waals surface area contributed by atoms with Crippen molar-refractivity contribution in [1.29, 1.82) is 0 Å². The Balaban J connectivity index is 1.63. The number of ether oxygens (including phenoxy) is 1. The minimum Gasteiger partial charge on any atom is -0.477 e. The summed E-state index contributed by atoms with van der Waals surface area (Å²) in [6.07, 6.45) is 2.81. The fraction of sp³-hybridized carbons (Fsp3) is 0.389. The van der Waals surface area contributed by atoms with Crippen molar-refractivity contribution in [3.63, 3.8) is 0 Å². The zero-order valence-corrected chi connectivity index (χ0v) is 17.1. The highest BCUT2D eigenvalue weighted by molar-refractivity contribution is 7.89. The monoisotopic (exact) mass is 420 g/mol. The molecule has 29 heavy (non-hydrogen) atoms. The Labute approximate surface area is 169 Å². The van der Waals surface area contributed by atoms with E-state index in [0.29, 0.717) is 38.6 Å². The van der Waals surface area contributed by atoms with Crippen LogP contribution < -0.4 is 15.6 Å². The maximum Gasteiger partial charge on any atom is 0.275 e. The highest BCUT2D eigenvalue weighted by Gasteiger charge is 2.27. The quantitative estimate of drug-likeness (QED) is 0.625. The number of carbonyl (C=O) groups excluding carboxylic acids is 1. The lowest BCUT2D eigenvalue weighted by molar-refractivity contribution is 0.0957. The highest BCUT2D eigenvalue weighted by Crippen LogP contribution is 2.18. The molecule has 0 aliphatic carbocycles. The third kappa shape index (κ3) is 5.00. The van der Waals surface area contributed by atoms with Crippen LogP contribution in [0.5, 0.6) is 5.88 Å². The SMILES string of the molecule is CCOc1ncccc1C(=O)NNc1ccc(S(=O)(=O)N2CCN(C)CC2)cn1. The van der Waals surface area contributed by atoms with E-state index in [2.05, 4.69) is 25.7 Å². The van der Waals surface area contributed by atoms with E-state index in [1.54, 1.807) is 19.1 Å². The van der Waals surface area contributed by atoms with Crippen molar-refractivity contribution in [2.75, 3.05) is 45.3 Å². The Kier molecular flexibility index (Phi) is 6.62. The van der Waals surface area contributed by atoms with Gasteiger partial charge in [-0.1, -0.05) is 0 Å². The Morgan fingerprint density at radius 3 is 2.59 bits per heavy atom. The molecule has 1 aliphatic rings. The predicted molar refractivity (Wildman–Crippen MR) is 107 cm³/mol. The summed E-state index contributed by atoms with van der Waals surface area (Å²) in [6.45, 7) is 4.46.